The number of Topliss-reactive ketones (excluding diaryl/α,β-unsaturated/α-hetero) is 1. The predicted molar refractivity (Wildman–Crippen MR) is 52.6 cm³/mol. The zero-order valence-corrected chi connectivity index (χ0v) is 8.60. The molecule has 78 valence electrons. The maximum atomic E-state index is 11.0. The van der Waals surface area contributed by atoms with E-state index in [0.717, 1.165) is 11.5 Å². The first-order chi connectivity index (χ1) is 7.15. The third-order valence-corrected chi connectivity index (χ3v) is 2.03. The summed E-state index contributed by atoms with van der Waals surface area (Å²) in [5, 5.41) is 7.82. The van der Waals surface area contributed by atoms with Gasteiger partial charge < -0.3 is 4.52 Å². The number of rotatable bonds is 3. The Bertz CT molecular complexity index is 484. The molecule has 0 aromatic carbocycles. The minimum Gasteiger partial charge on any atom is -0.359 e. The summed E-state index contributed by atoms with van der Waals surface area (Å²) >= 11 is 0. The second kappa shape index (κ2) is 3.68. The molecular weight excluding hydrogens is 194 g/mol. The number of ketones is 1. The Morgan fingerprint density at radius 2 is 2.40 bits per heavy atom. The van der Waals surface area contributed by atoms with E-state index in [1.807, 2.05) is 13.0 Å². The Kier molecular flexibility index (Phi) is 2.37. The molecule has 5 nitrogen and oxygen atoms in total. The van der Waals surface area contributed by atoms with Crippen molar-refractivity contribution in [3.05, 3.63) is 35.5 Å². The van der Waals surface area contributed by atoms with Crippen LogP contribution >= 0.6 is 0 Å². The monoisotopic (exact) mass is 205 g/mol. The van der Waals surface area contributed by atoms with Crippen molar-refractivity contribution >= 4 is 5.78 Å². The summed E-state index contributed by atoms with van der Waals surface area (Å²) in [7, 11) is 0. The minimum absolute atomic E-state index is 0.00926. The molecule has 0 saturated heterocycles. The third-order valence-electron chi connectivity index (χ3n) is 2.03. The van der Waals surface area contributed by atoms with Crippen molar-refractivity contribution < 1.29 is 9.32 Å². The van der Waals surface area contributed by atoms with Crippen LogP contribution in [0.15, 0.2) is 23.0 Å². The maximum absolute atomic E-state index is 11.0. The van der Waals surface area contributed by atoms with E-state index < -0.39 is 0 Å². The largest absolute Gasteiger partial charge is 0.359 e. The average molecular weight is 205 g/mol. The van der Waals surface area contributed by atoms with Crippen LogP contribution in [0.25, 0.3) is 0 Å². The van der Waals surface area contributed by atoms with Gasteiger partial charge in [0.15, 0.2) is 11.5 Å². The summed E-state index contributed by atoms with van der Waals surface area (Å²) in [5.41, 5.74) is 1.44. The SMILES string of the molecule is CC(=O)c1cnn(Cc2cc(C)no2)c1. The Morgan fingerprint density at radius 3 is 2.93 bits per heavy atom. The Labute approximate surface area is 86.7 Å². The molecule has 0 fully saturated rings. The van der Waals surface area contributed by atoms with E-state index in [1.54, 1.807) is 17.1 Å². The van der Waals surface area contributed by atoms with Crippen LogP contribution < -0.4 is 0 Å². The number of nitrogens with zero attached hydrogens (tertiary/aromatic N) is 3. The van der Waals surface area contributed by atoms with Gasteiger partial charge >= 0.3 is 0 Å². The van der Waals surface area contributed by atoms with Crippen LogP contribution in [0, 0.1) is 6.92 Å². The fourth-order valence-electron chi connectivity index (χ4n) is 1.28. The molecule has 0 aliphatic heterocycles. The first-order valence-electron chi connectivity index (χ1n) is 4.61. The van der Waals surface area contributed by atoms with Gasteiger partial charge in [-0.2, -0.15) is 5.10 Å². The predicted octanol–water partition coefficient (Wildman–Crippen LogP) is 1.43. The van der Waals surface area contributed by atoms with Crippen molar-refractivity contribution in [2.75, 3.05) is 0 Å². The third kappa shape index (κ3) is 2.12. The van der Waals surface area contributed by atoms with Gasteiger partial charge in [-0.15, -0.1) is 0 Å². The molecule has 0 spiro atoms. The van der Waals surface area contributed by atoms with Crippen LogP contribution in [0.1, 0.15) is 28.7 Å². The van der Waals surface area contributed by atoms with Crippen LogP contribution in [0.5, 0.6) is 0 Å². The molecule has 0 saturated carbocycles. The Hall–Kier alpha value is -1.91. The second-order valence-corrected chi connectivity index (χ2v) is 3.42. The number of hydrogen-bond acceptors (Lipinski definition) is 4. The van der Waals surface area contributed by atoms with Gasteiger partial charge in [0.1, 0.15) is 6.54 Å². The van der Waals surface area contributed by atoms with Gasteiger partial charge in [-0.1, -0.05) is 5.16 Å². The fourth-order valence-corrected chi connectivity index (χ4v) is 1.28. The number of aryl methyl sites for hydroxylation is 1. The highest BCUT2D eigenvalue weighted by Crippen LogP contribution is 2.06. The lowest BCUT2D eigenvalue weighted by atomic mass is 10.3. The Balaban J connectivity index is 2.14. The molecule has 0 aliphatic carbocycles. The standard InChI is InChI=1S/C10H11N3O2/c1-7-3-10(15-12-7)6-13-5-9(4-11-13)8(2)14/h3-5H,6H2,1-2H3. The molecule has 0 unspecified atom stereocenters. The summed E-state index contributed by atoms with van der Waals surface area (Å²) in [4.78, 5) is 11.0. The lowest BCUT2D eigenvalue weighted by Crippen LogP contribution is -1.98. The van der Waals surface area contributed by atoms with E-state index in [9.17, 15) is 4.79 Å². The lowest BCUT2D eigenvalue weighted by Gasteiger charge is -1.94. The van der Waals surface area contributed by atoms with Crippen molar-refractivity contribution in [2.45, 2.75) is 20.4 Å². The highest BCUT2D eigenvalue weighted by Gasteiger charge is 2.05. The highest BCUT2D eigenvalue weighted by atomic mass is 16.5. The van der Waals surface area contributed by atoms with Gasteiger partial charge in [-0.25, -0.2) is 0 Å². The van der Waals surface area contributed by atoms with Gasteiger partial charge in [0, 0.05) is 12.3 Å². The van der Waals surface area contributed by atoms with E-state index in [2.05, 4.69) is 10.3 Å². The molecule has 2 rings (SSSR count). The smallest absolute Gasteiger partial charge is 0.162 e. The van der Waals surface area contributed by atoms with Crippen molar-refractivity contribution in [3.63, 3.8) is 0 Å². The first kappa shape index (κ1) is 9.64. The van der Waals surface area contributed by atoms with Gasteiger partial charge in [-0.05, 0) is 13.8 Å². The van der Waals surface area contributed by atoms with Crippen LogP contribution in [0.3, 0.4) is 0 Å². The molecular formula is C10H11N3O2. The van der Waals surface area contributed by atoms with E-state index in [0.29, 0.717) is 12.1 Å². The van der Waals surface area contributed by atoms with Crippen molar-refractivity contribution in [1.29, 1.82) is 0 Å². The summed E-state index contributed by atoms with van der Waals surface area (Å²) in [6, 6.07) is 1.84. The topological polar surface area (TPSA) is 60.9 Å². The van der Waals surface area contributed by atoms with E-state index in [4.69, 9.17) is 4.52 Å². The fraction of sp³-hybridized carbons (Fsp3) is 0.300. The molecule has 0 aliphatic rings. The van der Waals surface area contributed by atoms with Gasteiger partial charge in [0.2, 0.25) is 0 Å². The van der Waals surface area contributed by atoms with Crippen molar-refractivity contribution in [2.24, 2.45) is 0 Å². The van der Waals surface area contributed by atoms with Crippen LogP contribution in [-0.4, -0.2) is 20.7 Å². The normalized spacial score (nSPS) is 10.5. The van der Waals surface area contributed by atoms with Gasteiger partial charge in [-0.3, -0.25) is 9.48 Å². The van der Waals surface area contributed by atoms with Crippen LogP contribution in [0.4, 0.5) is 0 Å². The number of carbonyl (C=O) groups is 1. The molecule has 15 heavy (non-hydrogen) atoms. The van der Waals surface area contributed by atoms with Crippen molar-refractivity contribution in [3.8, 4) is 0 Å². The van der Waals surface area contributed by atoms with Crippen molar-refractivity contribution in [1.82, 2.24) is 14.9 Å². The second-order valence-electron chi connectivity index (χ2n) is 3.42. The Morgan fingerprint density at radius 1 is 1.60 bits per heavy atom. The molecule has 2 heterocycles. The quantitative estimate of drug-likeness (QED) is 0.711. The zero-order valence-electron chi connectivity index (χ0n) is 8.60. The van der Waals surface area contributed by atoms with Crippen LogP contribution in [0.2, 0.25) is 0 Å². The number of hydrogen-bond donors (Lipinski definition) is 0. The first-order valence-corrected chi connectivity index (χ1v) is 4.61. The summed E-state index contributed by atoms with van der Waals surface area (Å²) in [6.07, 6.45) is 3.24. The maximum Gasteiger partial charge on any atom is 0.162 e. The highest BCUT2D eigenvalue weighted by molar-refractivity contribution is 5.93. The number of aromatic nitrogens is 3. The molecule has 0 amide bonds. The molecule has 0 radical (unpaired) electrons. The van der Waals surface area contributed by atoms with E-state index in [1.165, 1.54) is 6.92 Å². The molecule has 0 N–H and O–H groups in total. The average Bonchev–Trinajstić information content (AvgIpc) is 2.76. The van der Waals surface area contributed by atoms with Crippen LogP contribution in [-0.2, 0) is 6.54 Å². The minimum atomic E-state index is 0.00926. The van der Waals surface area contributed by atoms with E-state index >= 15 is 0 Å². The molecule has 2 aromatic rings. The number of carbonyl (C=O) groups excluding carboxylic acids is 1. The summed E-state index contributed by atoms with van der Waals surface area (Å²) in [6.45, 7) is 3.87. The molecule has 5 heteroatoms. The van der Waals surface area contributed by atoms with E-state index in [-0.39, 0.29) is 5.78 Å². The summed E-state index contributed by atoms with van der Waals surface area (Å²) in [5.74, 6) is 0.737. The summed E-state index contributed by atoms with van der Waals surface area (Å²) < 4.78 is 6.69. The lowest BCUT2D eigenvalue weighted by molar-refractivity contribution is 0.101. The molecule has 2 aromatic heterocycles. The molecule has 0 bridgehead atoms. The van der Waals surface area contributed by atoms with Gasteiger partial charge in [0.25, 0.3) is 0 Å². The van der Waals surface area contributed by atoms with Gasteiger partial charge in [0.05, 0.1) is 17.5 Å². The zero-order chi connectivity index (χ0) is 10.8. The molecule has 0 atom stereocenters.